The summed E-state index contributed by atoms with van der Waals surface area (Å²) in [7, 11) is 0. The number of fused-ring (bicyclic) bond motifs is 4. The molecule has 0 fully saturated rings. The second-order valence-electron chi connectivity index (χ2n) is 4.90. The number of nitrogens with one attached hydrogen (secondary N) is 1. The first-order valence-electron chi connectivity index (χ1n) is 6.51. The Kier molecular flexibility index (Phi) is 2.43. The summed E-state index contributed by atoms with van der Waals surface area (Å²) in [6, 6.07) is 11.7. The minimum atomic E-state index is -0.474. The maximum absolute atomic E-state index is 11.2. The Balaban J connectivity index is 2.17. The third kappa shape index (κ3) is 1.59. The van der Waals surface area contributed by atoms with Crippen molar-refractivity contribution in [3.63, 3.8) is 0 Å². The number of nitrogens with zero attached hydrogens (tertiary/aromatic N) is 3. The summed E-state index contributed by atoms with van der Waals surface area (Å²) in [5.74, 6) is 0. The zero-order valence-corrected chi connectivity index (χ0v) is 11.1. The smallest absolute Gasteiger partial charge is 0.271 e. The van der Waals surface area contributed by atoms with Crippen LogP contribution in [0, 0.1) is 15.0 Å². The van der Waals surface area contributed by atoms with E-state index in [-0.39, 0.29) is 11.4 Å². The van der Waals surface area contributed by atoms with Crippen molar-refractivity contribution >= 4 is 33.2 Å². The van der Waals surface area contributed by atoms with E-state index in [2.05, 4.69) is 15.1 Å². The minimum absolute atomic E-state index is 0.0402. The molecule has 1 aliphatic carbocycles. The van der Waals surface area contributed by atoms with E-state index in [9.17, 15) is 15.0 Å². The van der Waals surface area contributed by atoms with Gasteiger partial charge in [0.1, 0.15) is 5.69 Å². The SMILES string of the molecule is O=Nc1c2[nH]c3cc([N+](=O)[O-])ccc3nc-2c2ccccc12. The fourth-order valence-electron chi connectivity index (χ4n) is 2.70. The molecule has 1 aliphatic heterocycles. The van der Waals surface area contributed by atoms with Crippen molar-refractivity contribution in [2.45, 2.75) is 0 Å². The molecule has 7 heteroatoms. The molecule has 0 atom stereocenters. The molecule has 0 aromatic heterocycles. The molecule has 4 rings (SSSR count). The summed E-state index contributed by atoms with van der Waals surface area (Å²) in [5.41, 5.74) is 2.43. The molecule has 0 bridgehead atoms. The zero-order chi connectivity index (χ0) is 15.3. The second-order valence-corrected chi connectivity index (χ2v) is 4.90. The monoisotopic (exact) mass is 292 g/mol. The highest BCUT2D eigenvalue weighted by Gasteiger charge is 2.21. The highest BCUT2D eigenvalue weighted by atomic mass is 16.6. The number of aromatic amines is 1. The third-order valence-corrected chi connectivity index (χ3v) is 3.69. The van der Waals surface area contributed by atoms with Crippen LogP contribution in [0.2, 0.25) is 0 Å². The van der Waals surface area contributed by atoms with Crippen LogP contribution in [0.5, 0.6) is 0 Å². The number of non-ortho nitro benzene ring substituents is 1. The van der Waals surface area contributed by atoms with Crippen molar-refractivity contribution in [2.75, 3.05) is 0 Å². The highest BCUT2D eigenvalue weighted by Crippen LogP contribution is 2.43. The maximum Gasteiger partial charge on any atom is 0.271 e. The van der Waals surface area contributed by atoms with E-state index >= 15 is 0 Å². The van der Waals surface area contributed by atoms with Gasteiger partial charge in [-0.2, -0.15) is 0 Å². The quantitative estimate of drug-likeness (QED) is 0.341. The molecule has 0 saturated heterocycles. The van der Waals surface area contributed by atoms with Crippen LogP contribution < -0.4 is 0 Å². The van der Waals surface area contributed by atoms with Crippen LogP contribution in [0.3, 0.4) is 0 Å². The van der Waals surface area contributed by atoms with E-state index in [1.807, 2.05) is 18.2 Å². The Morgan fingerprint density at radius 1 is 1.14 bits per heavy atom. The minimum Gasteiger partial charge on any atom is -0.350 e. The Bertz CT molecular complexity index is 1040. The first-order valence-corrected chi connectivity index (χ1v) is 6.51. The van der Waals surface area contributed by atoms with Crippen molar-refractivity contribution in [3.05, 3.63) is 57.5 Å². The molecular formula is C15H8N4O3. The average Bonchev–Trinajstić information content (AvgIpc) is 2.85. The molecule has 7 nitrogen and oxygen atoms in total. The van der Waals surface area contributed by atoms with Gasteiger partial charge in [-0.1, -0.05) is 24.3 Å². The number of benzene rings is 2. The van der Waals surface area contributed by atoms with Gasteiger partial charge in [0, 0.05) is 22.9 Å². The molecule has 0 amide bonds. The summed E-state index contributed by atoms with van der Waals surface area (Å²) in [6.07, 6.45) is 0. The van der Waals surface area contributed by atoms with E-state index in [0.29, 0.717) is 27.8 Å². The third-order valence-electron chi connectivity index (χ3n) is 3.69. The van der Waals surface area contributed by atoms with Gasteiger partial charge >= 0.3 is 0 Å². The fourth-order valence-corrected chi connectivity index (χ4v) is 2.70. The molecule has 2 aromatic carbocycles. The van der Waals surface area contributed by atoms with E-state index in [1.165, 1.54) is 12.1 Å². The molecule has 2 aliphatic rings. The van der Waals surface area contributed by atoms with Crippen molar-refractivity contribution in [2.24, 2.45) is 5.18 Å². The topological polar surface area (TPSA) is 101 Å². The molecule has 2 aromatic rings. The predicted molar refractivity (Wildman–Crippen MR) is 82.3 cm³/mol. The summed E-state index contributed by atoms with van der Waals surface area (Å²) < 4.78 is 0. The predicted octanol–water partition coefficient (Wildman–Crippen LogP) is 4.13. The van der Waals surface area contributed by atoms with E-state index in [0.717, 1.165) is 5.39 Å². The van der Waals surface area contributed by atoms with Gasteiger partial charge in [0.05, 0.1) is 27.3 Å². The van der Waals surface area contributed by atoms with Gasteiger partial charge in [-0.15, -0.1) is 4.91 Å². The lowest BCUT2D eigenvalue weighted by Gasteiger charge is -2.04. The van der Waals surface area contributed by atoms with Crippen LogP contribution >= 0.6 is 0 Å². The van der Waals surface area contributed by atoms with Gasteiger partial charge in [0.25, 0.3) is 5.69 Å². The van der Waals surface area contributed by atoms with Crippen molar-refractivity contribution in [3.8, 4) is 11.4 Å². The number of hydrogen-bond donors (Lipinski definition) is 1. The molecule has 0 radical (unpaired) electrons. The van der Waals surface area contributed by atoms with E-state index < -0.39 is 4.92 Å². The van der Waals surface area contributed by atoms with Crippen molar-refractivity contribution in [1.82, 2.24) is 9.97 Å². The standard InChI is InChI=1S/C15H8N4O3/c20-18-14-10-4-2-1-3-9(10)13-15(14)17-12-7-8(19(21)22)5-6-11(12)16-13/h1-7,17H. The first-order chi connectivity index (χ1) is 10.7. The van der Waals surface area contributed by atoms with Crippen LogP contribution in [0.4, 0.5) is 11.4 Å². The number of nitro benzene ring substituents is 1. The zero-order valence-electron chi connectivity index (χ0n) is 11.1. The van der Waals surface area contributed by atoms with Crippen LogP contribution in [0.25, 0.3) is 33.2 Å². The van der Waals surface area contributed by atoms with Crippen LogP contribution in [0.1, 0.15) is 0 Å². The first kappa shape index (κ1) is 12.4. The Morgan fingerprint density at radius 2 is 1.91 bits per heavy atom. The normalized spacial score (nSPS) is 11.3. The summed E-state index contributed by atoms with van der Waals surface area (Å²) in [4.78, 5) is 29.2. The molecule has 1 heterocycles. The Labute approximate surface area is 123 Å². The molecule has 106 valence electrons. The average molecular weight is 292 g/mol. The second kappa shape index (κ2) is 4.32. The van der Waals surface area contributed by atoms with Gasteiger partial charge in [0.15, 0.2) is 0 Å². The highest BCUT2D eigenvalue weighted by molar-refractivity contribution is 6.11. The van der Waals surface area contributed by atoms with E-state index in [4.69, 9.17) is 0 Å². The largest absolute Gasteiger partial charge is 0.350 e. The lowest BCUT2D eigenvalue weighted by molar-refractivity contribution is -0.384. The molecule has 0 unspecified atom stereocenters. The van der Waals surface area contributed by atoms with Crippen LogP contribution in [-0.4, -0.2) is 14.9 Å². The van der Waals surface area contributed by atoms with Gasteiger partial charge < -0.3 is 4.98 Å². The molecule has 22 heavy (non-hydrogen) atoms. The lowest BCUT2D eigenvalue weighted by Crippen LogP contribution is -1.93. The fraction of sp³-hybridized carbons (Fsp3) is 0. The van der Waals surface area contributed by atoms with Crippen LogP contribution in [-0.2, 0) is 0 Å². The van der Waals surface area contributed by atoms with Crippen molar-refractivity contribution < 1.29 is 4.92 Å². The van der Waals surface area contributed by atoms with Gasteiger partial charge in [-0.3, -0.25) is 10.1 Å². The number of nitro groups is 1. The number of aromatic nitrogens is 2. The Morgan fingerprint density at radius 3 is 2.64 bits per heavy atom. The Hall–Kier alpha value is -3.35. The lowest BCUT2D eigenvalue weighted by atomic mass is 10.2. The molecular weight excluding hydrogens is 284 g/mol. The number of nitroso groups, excluding NO2 is 1. The number of hydrogen-bond acceptors (Lipinski definition) is 5. The van der Waals surface area contributed by atoms with E-state index in [1.54, 1.807) is 12.1 Å². The maximum atomic E-state index is 11.2. The number of rotatable bonds is 2. The summed E-state index contributed by atoms with van der Waals surface area (Å²) in [5, 5.41) is 15.5. The number of H-pyrrole nitrogens is 1. The van der Waals surface area contributed by atoms with Gasteiger partial charge in [0.2, 0.25) is 0 Å². The van der Waals surface area contributed by atoms with Crippen LogP contribution in [0.15, 0.2) is 47.6 Å². The molecule has 1 N–H and O–H groups in total. The van der Waals surface area contributed by atoms with Gasteiger partial charge in [-0.05, 0) is 11.2 Å². The van der Waals surface area contributed by atoms with Gasteiger partial charge in [-0.25, -0.2) is 4.98 Å². The summed E-state index contributed by atoms with van der Waals surface area (Å²) >= 11 is 0. The molecule has 0 saturated carbocycles. The van der Waals surface area contributed by atoms with Crippen molar-refractivity contribution in [1.29, 1.82) is 0 Å². The molecule has 0 spiro atoms. The summed E-state index contributed by atoms with van der Waals surface area (Å²) in [6.45, 7) is 0.